The zero-order valence-corrected chi connectivity index (χ0v) is 16.4. The smallest absolute Gasteiger partial charge is 0.156 e. The Bertz CT molecular complexity index is 913. The maximum absolute atomic E-state index is 10.2. The molecule has 0 fully saturated rings. The van der Waals surface area contributed by atoms with Gasteiger partial charge in [-0.05, 0) is 58.7 Å². The molecule has 6 heteroatoms. The summed E-state index contributed by atoms with van der Waals surface area (Å²) >= 11 is 6.84. The Labute approximate surface area is 157 Å². The molecule has 3 aromatic rings. The van der Waals surface area contributed by atoms with Crippen LogP contribution in [0.15, 0.2) is 45.3 Å². The highest BCUT2D eigenvalue weighted by Crippen LogP contribution is 2.36. The Hall–Kier alpha value is -1.79. The van der Waals surface area contributed by atoms with Gasteiger partial charge in [-0.25, -0.2) is 4.98 Å². The molecule has 0 amide bonds. The molecular weight excluding hydrogens is 436 g/mol. The monoisotopic (exact) mass is 450 g/mol. The number of nitrogens with one attached hydrogen (secondary N) is 1. The summed E-state index contributed by atoms with van der Waals surface area (Å²) in [5, 5.41) is 14.4. The molecule has 0 radical (unpaired) electrons. The Morgan fingerprint density at radius 3 is 2.67 bits per heavy atom. The number of phenols is 1. The Kier molecular flexibility index (Phi) is 4.96. The molecule has 124 valence electrons. The average molecular weight is 452 g/mol. The van der Waals surface area contributed by atoms with Crippen LogP contribution >= 0.6 is 31.9 Å². The minimum atomic E-state index is 0.146. The van der Waals surface area contributed by atoms with Gasteiger partial charge in [0.05, 0.1) is 23.8 Å². The van der Waals surface area contributed by atoms with Crippen molar-refractivity contribution in [1.29, 1.82) is 0 Å². The normalized spacial score (nSPS) is 10.8. The molecule has 0 bridgehead atoms. The van der Waals surface area contributed by atoms with E-state index in [0.717, 1.165) is 32.6 Å². The second kappa shape index (κ2) is 6.99. The standard InChI is InChI=1S/C18H16Br2N2O2/c1-10-5-12(7-13(6-10)24-2)21-9-11-3-4-14-15(19)8-16(20)18(23)17(14)22-11/h3-8,21,23H,9H2,1-2H3. The van der Waals surface area contributed by atoms with Crippen LogP contribution in [0, 0.1) is 6.92 Å². The van der Waals surface area contributed by atoms with Gasteiger partial charge >= 0.3 is 0 Å². The van der Waals surface area contributed by atoms with Crippen molar-refractivity contribution in [2.45, 2.75) is 13.5 Å². The van der Waals surface area contributed by atoms with Crippen LogP contribution in [0.3, 0.4) is 0 Å². The quantitative estimate of drug-likeness (QED) is 0.557. The van der Waals surface area contributed by atoms with E-state index in [1.165, 1.54) is 0 Å². The number of ether oxygens (including phenoxy) is 1. The summed E-state index contributed by atoms with van der Waals surface area (Å²) in [7, 11) is 1.65. The Morgan fingerprint density at radius 2 is 1.92 bits per heavy atom. The Morgan fingerprint density at radius 1 is 1.12 bits per heavy atom. The van der Waals surface area contributed by atoms with Crippen molar-refractivity contribution in [2.75, 3.05) is 12.4 Å². The van der Waals surface area contributed by atoms with E-state index in [0.29, 0.717) is 16.5 Å². The molecule has 24 heavy (non-hydrogen) atoms. The van der Waals surface area contributed by atoms with Crippen LogP contribution in [0.2, 0.25) is 0 Å². The summed E-state index contributed by atoms with van der Waals surface area (Å²) in [6.45, 7) is 2.57. The molecule has 1 aromatic heterocycles. The number of nitrogens with zero attached hydrogens (tertiary/aromatic N) is 1. The summed E-state index contributed by atoms with van der Waals surface area (Å²) in [6, 6.07) is 11.7. The third kappa shape index (κ3) is 3.49. The molecule has 0 aliphatic carbocycles. The number of halogens is 2. The minimum Gasteiger partial charge on any atom is -0.505 e. The number of aryl methyl sites for hydroxylation is 1. The van der Waals surface area contributed by atoms with E-state index in [-0.39, 0.29) is 5.75 Å². The zero-order valence-electron chi connectivity index (χ0n) is 13.2. The van der Waals surface area contributed by atoms with E-state index >= 15 is 0 Å². The van der Waals surface area contributed by atoms with Crippen molar-refractivity contribution >= 4 is 48.5 Å². The van der Waals surface area contributed by atoms with Crippen LogP contribution < -0.4 is 10.1 Å². The fourth-order valence-electron chi connectivity index (χ4n) is 2.50. The van der Waals surface area contributed by atoms with Gasteiger partial charge in [-0.2, -0.15) is 0 Å². The second-order valence-electron chi connectivity index (χ2n) is 5.48. The average Bonchev–Trinajstić information content (AvgIpc) is 2.57. The van der Waals surface area contributed by atoms with Crippen LogP contribution in [-0.2, 0) is 6.54 Å². The van der Waals surface area contributed by atoms with E-state index in [4.69, 9.17) is 4.74 Å². The number of hydrogen-bond donors (Lipinski definition) is 2. The highest BCUT2D eigenvalue weighted by molar-refractivity contribution is 9.11. The second-order valence-corrected chi connectivity index (χ2v) is 7.19. The number of hydrogen-bond acceptors (Lipinski definition) is 4. The maximum Gasteiger partial charge on any atom is 0.156 e. The number of fused-ring (bicyclic) bond motifs is 1. The number of anilines is 1. The van der Waals surface area contributed by atoms with E-state index in [2.05, 4.69) is 42.2 Å². The van der Waals surface area contributed by atoms with Gasteiger partial charge in [0.1, 0.15) is 11.3 Å². The molecule has 4 nitrogen and oxygen atoms in total. The fraction of sp³-hybridized carbons (Fsp3) is 0.167. The van der Waals surface area contributed by atoms with E-state index in [9.17, 15) is 5.11 Å². The lowest BCUT2D eigenvalue weighted by atomic mass is 10.2. The topological polar surface area (TPSA) is 54.4 Å². The number of methoxy groups -OCH3 is 1. The fourth-order valence-corrected chi connectivity index (χ4v) is 3.77. The molecule has 0 aliphatic rings. The summed E-state index contributed by atoms with van der Waals surface area (Å²) in [4.78, 5) is 4.57. The van der Waals surface area contributed by atoms with Gasteiger partial charge in [0.2, 0.25) is 0 Å². The van der Waals surface area contributed by atoms with Crippen molar-refractivity contribution in [1.82, 2.24) is 4.98 Å². The van der Waals surface area contributed by atoms with Crippen molar-refractivity contribution < 1.29 is 9.84 Å². The minimum absolute atomic E-state index is 0.146. The van der Waals surface area contributed by atoms with Crippen LogP contribution in [-0.4, -0.2) is 17.2 Å². The largest absolute Gasteiger partial charge is 0.505 e. The molecule has 0 aliphatic heterocycles. The summed E-state index contributed by atoms with van der Waals surface area (Å²) in [5.41, 5.74) is 3.49. The number of pyridine rings is 1. The van der Waals surface area contributed by atoms with Gasteiger partial charge in [0.15, 0.2) is 5.75 Å². The van der Waals surface area contributed by atoms with Gasteiger partial charge in [-0.15, -0.1) is 0 Å². The van der Waals surface area contributed by atoms with E-state index in [1.54, 1.807) is 7.11 Å². The van der Waals surface area contributed by atoms with Gasteiger partial charge < -0.3 is 15.2 Å². The Balaban J connectivity index is 1.88. The molecular formula is C18H16Br2N2O2. The summed E-state index contributed by atoms with van der Waals surface area (Å²) in [6.07, 6.45) is 0. The molecule has 1 heterocycles. The van der Waals surface area contributed by atoms with Gasteiger partial charge in [-0.1, -0.05) is 15.9 Å². The molecule has 0 saturated carbocycles. The molecule has 2 N–H and O–H groups in total. The van der Waals surface area contributed by atoms with Crippen molar-refractivity contribution in [3.8, 4) is 11.5 Å². The zero-order chi connectivity index (χ0) is 17.3. The summed E-state index contributed by atoms with van der Waals surface area (Å²) in [5.74, 6) is 0.960. The van der Waals surface area contributed by atoms with Gasteiger partial charge in [-0.3, -0.25) is 0 Å². The number of rotatable bonds is 4. The highest BCUT2D eigenvalue weighted by atomic mass is 79.9. The first-order valence-electron chi connectivity index (χ1n) is 7.34. The SMILES string of the molecule is COc1cc(C)cc(NCc2ccc3c(Br)cc(Br)c(O)c3n2)c1. The van der Waals surface area contributed by atoms with Crippen LogP contribution in [0.4, 0.5) is 5.69 Å². The van der Waals surface area contributed by atoms with Crippen molar-refractivity contribution in [2.24, 2.45) is 0 Å². The molecule has 0 unspecified atom stereocenters. The predicted molar refractivity (Wildman–Crippen MR) is 104 cm³/mol. The molecule has 3 rings (SSSR count). The lowest BCUT2D eigenvalue weighted by molar-refractivity contribution is 0.414. The third-order valence-electron chi connectivity index (χ3n) is 3.67. The first-order valence-corrected chi connectivity index (χ1v) is 8.92. The van der Waals surface area contributed by atoms with Crippen LogP contribution in [0.5, 0.6) is 11.5 Å². The van der Waals surface area contributed by atoms with Crippen molar-refractivity contribution in [3.63, 3.8) is 0 Å². The predicted octanol–water partition coefficient (Wildman–Crippen LogP) is 5.39. The number of benzene rings is 2. The van der Waals surface area contributed by atoms with Crippen LogP contribution in [0.1, 0.15) is 11.3 Å². The van der Waals surface area contributed by atoms with E-state index in [1.807, 2.05) is 43.3 Å². The highest BCUT2D eigenvalue weighted by Gasteiger charge is 2.11. The lowest BCUT2D eigenvalue weighted by Crippen LogP contribution is -2.02. The lowest BCUT2D eigenvalue weighted by Gasteiger charge is -2.11. The van der Waals surface area contributed by atoms with E-state index < -0.39 is 0 Å². The first-order chi connectivity index (χ1) is 11.5. The maximum atomic E-state index is 10.2. The third-order valence-corrected chi connectivity index (χ3v) is 4.93. The number of phenolic OH excluding ortho intramolecular Hbond substituents is 1. The van der Waals surface area contributed by atoms with Gasteiger partial charge in [0, 0.05) is 21.6 Å². The first kappa shape index (κ1) is 17.0. The summed E-state index contributed by atoms with van der Waals surface area (Å²) < 4.78 is 6.79. The molecule has 0 atom stereocenters. The van der Waals surface area contributed by atoms with Gasteiger partial charge in [0.25, 0.3) is 0 Å². The molecule has 0 spiro atoms. The number of aromatic hydroxyl groups is 1. The van der Waals surface area contributed by atoms with Crippen molar-refractivity contribution in [3.05, 3.63) is 56.6 Å². The molecule has 2 aromatic carbocycles. The van der Waals surface area contributed by atoms with Crippen LogP contribution in [0.25, 0.3) is 10.9 Å². The number of aromatic nitrogens is 1. The molecule has 0 saturated heterocycles.